The van der Waals surface area contributed by atoms with Gasteiger partial charge >= 0.3 is 0 Å². The summed E-state index contributed by atoms with van der Waals surface area (Å²) in [6.45, 7) is 1.97. The minimum absolute atomic E-state index is 0.0206. The maximum Gasteiger partial charge on any atom is 0.236 e. The molecule has 0 saturated heterocycles. The highest BCUT2D eigenvalue weighted by molar-refractivity contribution is 5.92. The molecule has 0 bridgehead atoms. The van der Waals surface area contributed by atoms with Crippen molar-refractivity contribution < 1.29 is 18.8 Å². The zero-order valence-corrected chi connectivity index (χ0v) is 14.8. The summed E-state index contributed by atoms with van der Waals surface area (Å²) < 4.78 is 15.6. The number of rotatable bonds is 6. The van der Waals surface area contributed by atoms with E-state index < -0.39 is 0 Å². The smallest absolute Gasteiger partial charge is 0.236 e. The first-order valence-electron chi connectivity index (χ1n) is 8.01. The van der Waals surface area contributed by atoms with E-state index >= 15 is 0 Å². The summed E-state index contributed by atoms with van der Waals surface area (Å²) in [4.78, 5) is 16.5. The van der Waals surface area contributed by atoms with E-state index in [2.05, 4.69) is 15.5 Å². The van der Waals surface area contributed by atoms with Crippen LogP contribution in [0.4, 0.5) is 5.69 Å². The van der Waals surface area contributed by atoms with Crippen molar-refractivity contribution in [2.24, 2.45) is 0 Å². The van der Waals surface area contributed by atoms with Gasteiger partial charge in [0.05, 0.1) is 14.2 Å². The van der Waals surface area contributed by atoms with E-state index in [0.29, 0.717) is 23.0 Å². The largest absolute Gasteiger partial charge is 0.493 e. The number of nitrogens with one attached hydrogen (secondary N) is 1. The molecule has 1 amide bonds. The normalized spacial score (nSPS) is 10.4. The standard InChI is InChI=1S/C19H19N3O4/c1-12-6-4-5-7-14(12)19-21-18(26-22-19)11-17(23)20-13-8-9-15(24-2)16(10-13)25-3/h4-10H,11H2,1-3H3,(H,20,23). The molecule has 0 aliphatic rings. The van der Waals surface area contributed by atoms with Gasteiger partial charge in [-0.3, -0.25) is 4.79 Å². The van der Waals surface area contributed by atoms with E-state index in [4.69, 9.17) is 14.0 Å². The Morgan fingerprint density at radius 1 is 1.12 bits per heavy atom. The van der Waals surface area contributed by atoms with Gasteiger partial charge in [-0.15, -0.1) is 0 Å². The van der Waals surface area contributed by atoms with E-state index in [9.17, 15) is 4.79 Å². The Kier molecular flexibility index (Phi) is 5.17. The lowest BCUT2D eigenvalue weighted by Gasteiger charge is -2.10. The molecule has 1 heterocycles. The predicted molar refractivity (Wildman–Crippen MR) is 96.4 cm³/mol. The molecule has 3 rings (SSSR count). The van der Waals surface area contributed by atoms with Crippen molar-refractivity contribution in [3.05, 3.63) is 53.9 Å². The molecule has 0 fully saturated rings. The summed E-state index contributed by atoms with van der Waals surface area (Å²) in [6.07, 6.45) is -0.0206. The number of hydrogen-bond donors (Lipinski definition) is 1. The summed E-state index contributed by atoms with van der Waals surface area (Å²) in [5.74, 6) is 1.57. The van der Waals surface area contributed by atoms with E-state index in [0.717, 1.165) is 11.1 Å². The number of methoxy groups -OCH3 is 2. The number of amides is 1. The monoisotopic (exact) mass is 353 g/mol. The number of carbonyl (C=O) groups is 1. The van der Waals surface area contributed by atoms with Crippen LogP contribution < -0.4 is 14.8 Å². The summed E-state index contributed by atoms with van der Waals surface area (Å²) in [5.41, 5.74) is 2.50. The van der Waals surface area contributed by atoms with Crippen molar-refractivity contribution in [3.8, 4) is 22.9 Å². The van der Waals surface area contributed by atoms with Gasteiger partial charge in [-0.25, -0.2) is 0 Å². The van der Waals surface area contributed by atoms with Crippen molar-refractivity contribution >= 4 is 11.6 Å². The molecule has 2 aromatic carbocycles. The molecular weight excluding hydrogens is 334 g/mol. The Labute approximate surface area is 150 Å². The summed E-state index contributed by atoms with van der Waals surface area (Å²) in [7, 11) is 3.09. The molecule has 0 atom stereocenters. The Morgan fingerprint density at radius 2 is 1.88 bits per heavy atom. The zero-order chi connectivity index (χ0) is 18.5. The molecule has 134 valence electrons. The van der Waals surface area contributed by atoms with E-state index in [-0.39, 0.29) is 18.2 Å². The fourth-order valence-electron chi connectivity index (χ4n) is 2.52. The highest BCUT2D eigenvalue weighted by Crippen LogP contribution is 2.29. The fraction of sp³-hybridized carbons (Fsp3) is 0.211. The van der Waals surface area contributed by atoms with Crippen molar-refractivity contribution in [2.45, 2.75) is 13.3 Å². The van der Waals surface area contributed by atoms with Crippen molar-refractivity contribution in [1.29, 1.82) is 0 Å². The van der Waals surface area contributed by atoms with E-state index in [1.165, 1.54) is 7.11 Å². The molecule has 3 aromatic rings. The van der Waals surface area contributed by atoms with Gasteiger partial charge in [0.15, 0.2) is 11.5 Å². The SMILES string of the molecule is COc1ccc(NC(=O)Cc2nc(-c3ccccc3C)no2)cc1OC. The first-order valence-corrected chi connectivity index (χ1v) is 8.01. The lowest BCUT2D eigenvalue weighted by atomic mass is 10.1. The third-order valence-electron chi connectivity index (χ3n) is 3.83. The van der Waals surface area contributed by atoms with Crippen molar-refractivity contribution in [3.63, 3.8) is 0 Å². The molecular formula is C19H19N3O4. The lowest BCUT2D eigenvalue weighted by Crippen LogP contribution is -2.14. The first kappa shape index (κ1) is 17.5. The van der Waals surface area contributed by atoms with Crippen LogP contribution in [-0.2, 0) is 11.2 Å². The van der Waals surface area contributed by atoms with Gasteiger partial charge in [0.2, 0.25) is 17.6 Å². The summed E-state index contributed by atoms with van der Waals surface area (Å²) in [6, 6.07) is 12.9. The zero-order valence-electron chi connectivity index (χ0n) is 14.8. The van der Waals surface area contributed by atoms with Crippen LogP contribution in [0.5, 0.6) is 11.5 Å². The number of hydrogen-bond acceptors (Lipinski definition) is 6. The predicted octanol–water partition coefficient (Wildman–Crippen LogP) is 3.24. The van der Waals surface area contributed by atoms with Crippen molar-refractivity contribution in [1.82, 2.24) is 10.1 Å². The number of nitrogens with zero attached hydrogens (tertiary/aromatic N) is 2. The quantitative estimate of drug-likeness (QED) is 0.732. The Balaban J connectivity index is 1.68. The molecule has 0 saturated carbocycles. The molecule has 0 spiro atoms. The van der Waals surface area contributed by atoms with Crippen LogP contribution in [0.25, 0.3) is 11.4 Å². The Morgan fingerprint density at radius 3 is 2.62 bits per heavy atom. The summed E-state index contributed by atoms with van der Waals surface area (Å²) in [5, 5.41) is 6.73. The molecule has 0 aliphatic carbocycles. The third kappa shape index (κ3) is 3.83. The Hall–Kier alpha value is -3.35. The first-order chi connectivity index (χ1) is 12.6. The van der Waals surface area contributed by atoms with Gasteiger partial charge in [0.25, 0.3) is 0 Å². The van der Waals surface area contributed by atoms with Crippen LogP contribution >= 0.6 is 0 Å². The molecule has 0 radical (unpaired) electrons. The van der Waals surface area contributed by atoms with Crippen LogP contribution in [0.3, 0.4) is 0 Å². The Bertz CT molecular complexity index is 921. The second kappa shape index (κ2) is 7.69. The van der Waals surface area contributed by atoms with Gasteiger partial charge in [0.1, 0.15) is 6.42 Å². The number of benzene rings is 2. The number of aryl methyl sites for hydroxylation is 1. The minimum Gasteiger partial charge on any atom is -0.493 e. The highest BCUT2D eigenvalue weighted by atomic mass is 16.5. The van der Waals surface area contributed by atoms with Crippen LogP contribution in [0.2, 0.25) is 0 Å². The lowest BCUT2D eigenvalue weighted by molar-refractivity contribution is -0.115. The highest BCUT2D eigenvalue weighted by Gasteiger charge is 2.14. The van der Waals surface area contributed by atoms with Gasteiger partial charge in [-0.1, -0.05) is 29.4 Å². The average Bonchev–Trinajstić information content (AvgIpc) is 3.10. The van der Waals surface area contributed by atoms with Crippen LogP contribution in [0.1, 0.15) is 11.5 Å². The fourth-order valence-corrected chi connectivity index (χ4v) is 2.52. The van der Waals surface area contributed by atoms with Crippen LogP contribution in [-0.4, -0.2) is 30.3 Å². The van der Waals surface area contributed by atoms with Crippen LogP contribution in [0.15, 0.2) is 47.0 Å². The van der Waals surface area contributed by atoms with Gasteiger partial charge < -0.3 is 19.3 Å². The van der Waals surface area contributed by atoms with E-state index in [1.54, 1.807) is 25.3 Å². The van der Waals surface area contributed by atoms with Crippen LogP contribution in [0, 0.1) is 6.92 Å². The third-order valence-corrected chi connectivity index (χ3v) is 3.83. The molecule has 7 heteroatoms. The molecule has 0 unspecified atom stereocenters. The average molecular weight is 353 g/mol. The minimum atomic E-state index is -0.266. The number of aromatic nitrogens is 2. The van der Waals surface area contributed by atoms with E-state index in [1.807, 2.05) is 31.2 Å². The maximum absolute atomic E-state index is 12.2. The van der Waals surface area contributed by atoms with Gasteiger partial charge in [0, 0.05) is 17.3 Å². The van der Waals surface area contributed by atoms with Crippen molar-refractivity contribution in [2.75, 3.05) is 19.5 Å². The molecule has 7 nitrogen and oxygen atoms in total. The second-order valence-electron chi connectivity index (χ2n) is 5.62. The maximum atomic E-state index is 12.2. The number of ether oxygens (including phenoxy) is 2. The summed E-state index contributed by atoms with van der Waals surface area (Å²) >= 11 is 0. The molecule has 0 aliphatic heterocycles. The molecule has 1 aromatic heterocycles. The second-order valence-corrected chi connectivity index (χ2v) is 5.62. The topological polar surface area (TPSA) is 86.5 Å². The number of anilines is 1. The van der Waals surface area contributed by atoms with Gasteiger partial charge in [-0.2, -0.15) is 4.98 Å². The number of carbonyl (C=O) groups excluding carboxylic acids is 1. The molecule has 26 heavy (non-hydrogen) atoms. The molecule has 1 N–H and O–H groups in total. The van der Waals surface area contributed by atoms with Gasteiger partial charge in [-0.05, 0) is 24.6 Å².